The summed E-state index contributed by atoms with van der Waals surface area (Å²) in [6, 6.07) is 2.82. The SMILES string of the molecule is Cc1c(C=O)sc2c(Cl)ccc(F)c12. The van der Waals surface area contributed by atoms with Crippen LogP contribution in [0.4, 0.5) is 4.39 Å². The standard InChI is InChI=1S/C10H6ClFOS/c1-5-8(4-13)14-10-6(11)2-3-7(12)9(5)10/h2-4H,1H3. The lowest BCUT2D eigenvalue weighted by atomic mass is 10.1. The van der Waals surface area contributed by atoms with Crippen LogP contribution in [-0.2, 0) is 0 Å². The van der Waals surface area contributed by atoms with Crippen molar-refractivity contribution in [2.75, 3.05) is 0 Å². The van der Waals surface area contributed by atoms with E-state index in [4.69, 9.17) is 11.6 Å². The fraction of sp³-hybridized carbons (Fsp3) is 0.100. The van der Waals surface area contributed by atoms with Gasteiger partial charge >= 0.3 is 0 Å². The molecule has 0 amide bonds. The van der Waals surface area contributed by atoms with E-state index in [0.717, 1.165) is 6.29 Å². The Morgan fingerprint density at radius 1 is 1.50 bits per heavy atom. The summed E-state index contributed by atoms with van der Waals surface area (Å²) in [4.78, 5) is 11.2. The molecule has 0 atom stereocenters. The molecule has 1 aromatic carbocycles. The second kappa shape index (κ2) is 3.33. The number of aldehydes is 1. The van der Waals surface area contributed by atoms with Crippen LogP contribution in [0.15, 0.2) is 12.1 Å². The number of benzene rings is 1. The summed E-state index contributed by atoms with van der Waals surface area (Å²) in [6.07, 6.45) is 0.732. The molecule has 2 rings (SSSR count). The van der Waals surface area contributed by atoms with E-state index in [-0.39, 0.29) is 5.82 Å². The van der Waals surface area contributed by atoms with Gasteiger partial charge in [0.05, 0.1) is 14.6 Å². The van der Waals surface area contributed by atoms with Crippen LogP contribution in [0.2, 0.25) is 5.02 Å². The molecular weight excluding hydrogens is 223 g/mol. The van der Waals surface area contributed by atoms with Gasteiger partial charge in [0, 0.05) is 5.39 Å². The van der Waals surface area contributed by atoms with Crippen molar-refractivity contribution in [3.63, 3.8) is 0 Å². The molecular formula is C10H6ClFOS. The Morgan fingerprint density at radius 2 is 2.21 bits per heavy atom. The first-order valence-corrected chi connectivity index (χ1v) is 5.17. The van der Waals surface area contributed by atoms with Gasteiger partial charge in [0.2, 0.25) is 0 Å². The number of thiophene rings is 1. The molecule has 0 radical (unpaired) electrons. The number of hydrogen-bond acceptors (Lipinski definition) is 2. The lowest BCUT2D eigenvalue weighted by Crippen LogP contribution is -1.80. The molecule has 72 valence electrons. The number of carbonyl (C=O) groups is 1. The number of rotatable bonds is 1. The molecule has 0 fully saturated rings. The van der Waals surface area contributed by atoms with Crippen molar-refractivity contribution in [3.8, 4) is 0 Å². The molecule has 0 aliphatic heterocycles. The fourth-order valence-corrected chi connectivity index (χ4v) is 2.72. The Labute approximate surface area is 89.1 Å². The van der Waals surface area contributed by atoms with Crippen molar-refractivity contribution in [1.82, 2.24) is 0 Å². The highest BCUT2D eigenvalue weighted by Gasteiger charge is 2.13. The molecule has 1 nitrogen and oxygen atoms in total. The number of carbonyl (C=O) groups excluding carboxylic acids is 1. The van der Waals surface area contributed by atoms with Gasteiger partial charge in [-0.15, -0.1) is 11.3 Å². The highest BCUT2D eigenvalue weighted by molar-refractivity contribution is 7.21. The molecule has 2 aromatic rings. The van der Waals surface area contributed by atoms with E-state index in [2.05, 4.69) is 0 Å². The first-order valence-electron chi connectivity index (χ1n) is 3.97. The Bertz CT molecular complexity index is 518. The Hall–Kier alpha value is -0.930. The van der Waals surface area contributed by atoms with Crippen LogP contribution in [-0.4, -0.2) is 6.29 Å². The van der Waals surface area contributed by atoms with Gasteiger partial charge in [-0.3, -0.25) is 4.79 Å². The minimum Gasteiger partial charge on any atom is -0.297 e. The predicted octanol–water partition coefficient (Wildman–Crippen LogP) is 3.81. The summed E-state index contributed by atoms with van der Waals surface area (Å²) in [6.45, 7) is 1.72. The number of fused-ring (bicyclic) bond motifs is 1. The summed E-state index contributed by atoms with van der Waals surface area (Å²) in [5.41, 5.74) is 0.667. The van der Waals surface area contributed by atoms with Crippen molar-refractivity contribution in [3.05, 3.63) is 33.4 Å². The zero-order chi connectivity index (χ0) is 10.3. The van der Waals surface area contributed by atoms with Crippen molar-refractivity contribution >= 4 is 39.3 Å². The molecule has 0 aliphatic carbocycles. The molecule has 0 N–H and O–H groups in total. The third-order valence-electron chi connectivity index (χ3n) is 2.12. The van der Waals surface area contributed by atoms with Crippen LogP contribution in [0.1, 0.15) is 15.2 Å². The third-order valence-corrected chi connectivity index (χ3v) is 3.80. The van der Waals surface area contributed by atoms with E-state index in [1.807, 2.05) is 0 Å². The lowest BCUT2D eigenvalue weighted by Gasteiger charge is -1.95. The van der Waals surface area contributed by atoms with Gasteiger partial charge in [-0.25, -0.2) is 4.39 Å². The van der Waals surface area contributed by atoms with Crippen molar-refractivity contribution in [2.45, 2.75) is 6.92 Å². The Morgan fingerprint density at radius 3 is 2.79 bits per heavy atom. The van der Waals surface area contributed by atoms with Gasteiger partial charge < -0.3 is 0 Å². The van der Waals surface area contributed by atoms with Crippen LogP contribution in [0.3, 0.4) is 0 Å². The summed E-state index contributed by atoms with van der Waals surface area (Å²) >= 11 is 7.12. The zero-order valence-electron chi connectivity index (χ0n) is 7.30. The molecule has 0 unspecified atom stereocenters. The van der Waals surface area contributed by atoms with E-state index < -0.39 is 0 Å². The molecule has 14 heavy (non-hydrogen) atoms. The molecule has 0 saturated heterocycles. The number of hydrogen-bond donors (Lipinski definition) is 0. The van der Waals surface area contributed by atoms with E-state index in [0.29, 0.717) is 25.5 Å². The third kappa shape index (κ3) is 1.24. The van der Waals surface area contributed by atoms with Crippen LogP contribution in [0.5, 0.6) is 0 Å². The van der Waals surface area contributed by atoms with Gasteiger partial charge in [0.1, 0.15) is 5.82 Å². The lowest BCUT2D eigenvalue weighted by molar-refractivity contribution is 0.112. The summed E-state index contributed by atoms with van der Waals surface area (Å²) in [5.74, 6) is -0.328. The highest BCUT2D eigenvalue weighted by Crippen LogP contribution is 2.36. The second-order valence-corrected chi connectivity index (χ2v) is 4.40. The maximum atomic E-state index is 13.4. The molecule has 0 spiro atoms. The predicted molar refractivity (Wildman–Crippen MR) is 56.9 cm³/mol. The van der Waals surface area contributed by atoms with E-state index in [9.17, 15) is 9.18 Å². The van der Waals surface area contributed by atoms with E-state index in [1.165, 1.54) is 23.5 Å². The van der Waals surface area contributed by atoms with Crippen LogP contribution in [0.25, 0.3) is 10.1 Å². The molecule has 0 saturated carbocycles. The van der Waals surface area contributed by atoms with Crippen LogP contribution in [0, 0.1) is 12.7 Å². The zero-order valence-corrected chi connectivity index (χ0v) is 8.88. The van der Waals surface area contributed by atoms with E-state index >= 15 is 0 Å². The topological polar surface area (TPSA) is 17.1 Å². The molecule has 4 heteroatoms. The number of aryl methyl sites for hydroxylation is 1. The van der Waals surface area contributed by atoms with Crippen molar-refractivity contribution < 1.29 is 9.18 Å². The van der Waals surface area contributed by atoms with Crippen molar-refractivity contribution in [2.24, 2.45) is 0 Å². The quantitative estimate of drug-likeness (QED) is 0.679. The van der Waals surface area contributed by atoms with Crippen LogP contribution >= 0.6 is 22.9 Å². The smallest absolute Gasteiger partial charge is 0.160 e. The first-order chi connectivity index (χ1) is 6.65. The summed E-state index contributed by atoms with van der Waals surface area (Å²) in [5, 5.41) is 0.951. The summed E-state index contributed by atoms with van der Waals surface area (Å²) < 4.78 is 14.1. The molecule has 1 heterocycles. The van der Waals surface area contributed by atoms with Gasteiger partial charge in [-0.05, 0) is 24.6 Å². The van der Waals surface area contributed by atoms with Crippen molar-refractivity contribution in [1.29, 1.82) is 0 Å². The first kappa shape index (κ1) is 9.62. The largest absolute Gasteiger partial charge is 0.297 e. The normalized spacial score (nSPS) is 10.8. The minimum absolute atomic E-state index is 0.328. The fourth-order valence-electron chi connectivity index (χ4n) is 1.40. The van der Waals surface area contributed by atoms with E-state index in [1.54, 1.807) is 6.92 Å². The Kier molecular flexibility index (Phi) is 2.29. The monoisotopic (exact) mass is 228 g/mol. The molecule has 0 aliphatic rings. The number of halogens is 2. The van der Waals surface area contributed by atoms with Gasteiger partial charge in [-0.1, -0.05) is 11.6 Å². The molecule has 0 bridgehead atoms. The summed E-state index contributed by atoms with van der Waals surface area (Å²) in [7, 11) is 0. The van der Waals surface area contributed by atoms with Crippen LogP contribution < -0.4 is 0 Å². The van der Waals surface area contributed by atoms with Gasteiger partial charge in [0.15, 0.2) is 6.29 Å². The van der Waals surface area contributed by atoms with Gasteiger partial charge in [0.25, 0.3) is 0 Å². The maximum Gasteiger partial charge on any atom is 0.160 e. The Balaban J connectivity index is 2.97. The highest BCUT2D eigenvalue weighted by atomic mass is 35.5. The minimum atomic E-state index is -0.328. The molecule has 1 aromatic heterocycles. The maximum absolute atomic E-state index is 13.4. The van der Waals surface area contributed by atoms with Gasteiger partial charge in [-0.2, -0.15) is 0 Å². The average Bonchev–Trinajstić information content (AvgIpc) is 2.51. The average molecular weight is 229 g/mol. The second-order valence-electron chi connectivity index (χ2n) is 2.94.